The van der Waals surface area contributed by atoms with Crippen LogP contribution in [0, 0.1) is 16.7 Å². The van der Waals surface area contributed by atoms with Crippen molar-refractivity contribution in [2.24, 2.45) is 16.7 Å². The highest BCUT2D eigenvalue weighted by atomic mass is 32.1. The third-order valence-electron chi connectivity index (χ3n) is 7.41. The number of nitrogens with one attached hydrogen (secondary N) is 2. The fourth-order valence-corrected chi connectivity index (χ4v) is 5.65. The second-order valence-electron chi connectivity index (χ2n) is 9.69. The van der Waals surface area contributed by atoms with Crippen LogP contribution >= 0.6 is 11.3 Å². The van der Waals surface area contributed by atoms with Gasteiger partial charge in [0.05, 0.1) is 5.01 Å². The van der Waals surface area contributed by atoms with E-state index < -0.39 is 11.8 Å². The van der Waals surface area contributed by atoms with Gasteiger partial charge >= 0.3 is 0 Å². The number of carbonyl (C=O) groups is 3. The zero-order valence-electron chi connectivity index (χ0n) is 18.8. The summed E-state index contributed by atoms with van der Waals surface area (Å²) in [6.45, 7) is 10.1. The van der Waals surface area contributed by atoms with E-state index in [0.29, 0.717) is 5.56 Å². The summed E-state index contributed by atoms with van der Waals surface area (Å²) in [4.78, 5) is 47.7. The number of thiazole rings is 1. The van der Waals surface area contributed by atoms with Crippen molar-refractivity contribution in [1.82, 2.24) is 25.7 Å². The molecule has 2 aromatic heterocycles. The molecule has 8 nitrogen and oxygen atoms in total. The minimum absolute atomic E-state index is 0.0469. The number of likely N-dealkylation sites (tertiary alicyclic amines) is 1. The molecule has 0 bridgehead atoms. The van der Waals surface area contributed by atoms with Crippen LogP contribution in [-0.4, -0.2) is 45.7 Å². The highest BCUT2D eigenvalue weighted by Crippen LogP contribution is 2.68. The van der Waals surface area contributed by atoms with Gasteiger partial charge in [0.15, 0.2) is 0 Å². The second kappa shape index (κ2) is 8.27. The number of hydrogen-bond donors (Lipinski definition) is 2. The number of carbonyl (C=O) groups excluding carboxylic acids is 3. The number of nitrogens with zero attached hydrogens (tertiary/aromatic N) is 3. The van der Waals surface area contributed by atoms with E-state index in [9.17, 15) is 14.4 Å². The summed E-state index contributed by atoms with van der Waals surface area (Å²) in [7, 11) is 0. The lowest BCUT2D eigenvalue weighted by Gasteiger charge is -2.31. The average Bonchev–Trinajstić information content (AvgIpc) is 3.11. The number of hydrogen-bond acceptors (Lipinski definition) is 6. The minimum atomic E-state index is -0.458. The number of rotatable bonds is 4. The van der Waals surface area contributed by atoms with Crippen molar-refractivity contribution in [2.45, 2.75) is 46.5 Å². The highest BCUT2D eigenvalue weighted by Gasteiger charge is 2.68. The van der Waals surface area contributed by atoms with Crippen molar-refractivity contribution in [3.63, 3.8) is 0 Å². The summed E-state index contributed by atoms with van der Waals surface area (Å²) in [6, 6.07) is 3.12. The first kappa shape index (κ1) is 22.4. The van der Waals surface area contributed by atoms with E-state index in [1.807, 2.05) is 4.90 Å². The summed E-state index contributed by atoms with van der Waals surface area (Å²) >= 11 is 1.45. The first-order valence-electron chi connectivity index (χ1n) is 10.9. The molecule has 1 saturated heterocycles. The van der Waals surface area contributed by atoms with E-state index in [-0.39, 0.29) is 34.3 Å². The molecule has 4 rings (SSSR count). The van der Waals surface area contributed by atoms with Gasteiger partial charge in [-0.2, -0.15) is 0 Å². The number of piperidine rings is 1. The molecule has 3 heterocycles. The highest BCUT2D eigenvalue weighted by molar-refractivity contribution is 7.09. The van der Waals surface area contributed by atoms with E-state index in [1.165, 1.54) is 23.7 Å². The zero-order chi connectivity index (χ0) is 23.1. The van der Waals surface area contributed by atoms with Crippen LogP contribution in [0.1, 0.15) is 72.3 Å². The van der Waals surface area contributed by atoms with Crippen molar-refractivity contribution in [3.8, 4) is 0 Å². The Morgan fingerprint density at radius 2 is 1.59 bits per heavy atom. The number of amides is 3. The van der Waals surface area contributed by atoms with Crippen LogP contribution in [0.4, 0.5) is 0 Å². The first-order valence-corrected chi connectivity index (χ1v) is 11.8. The van der Waals surface area contributed by atoms with Gasteiger partial charge in [-0.05, 0) is 35.8 Å². The fraction of sp³-hybridized carbons (Fsp3) is 0.522. The summed E-state index contributed by atoms with van der Waals surface area (Å²) in [6.07, 6.45) is 4.70. The molecule has 3 amide bonds. The normalized spacial score (nSPS) is 19.9. The van der Waals surface area contributed by atoms with E-state index in [4.69, 9.17) is 0 Å². The molecule has 1 aliphatic carbocycles. The summed E-state index contributed by atoms with van der Waals surface area (Å²) in [5.74, 6) is -0.292. The molecule has 0 atom stereocenters. The molecule has 1 saturated carbocycles. The Kier molecular flexibility index (Phi) is 5.79. The summed E-state index contributed by atoms with van der Waals surface area (Å²) in [5, 5.41) is 2.60. The van der Waals surface area contributed by atoms with Gasteiger partial charge < -0.3 is 4.90 Å². The Labute approximate surface area is 191 Å². The lowest BCUT2D eigenvalue weighted by molar-refractivity contribution is -0.134. The Balaban J connectivity index is 1.28. The molecule has 0 unspecified atom stereocenters. The quantitative estimate of drug-likeness (QED) is 0.690. The van der Waals surface area contributed by atoms with Crippen molar-refractivity contribution < 1.29 is 14.4 Å². The van der Waals surface area contributed by atoms with Gasteiger partial charge in [0.1, 0.15) is 5.69 Å². The molecule has 0 aromatic carbocycles. The summed E-state index contributed by atoms with van der Waals surface area (Å²) < 4.78 is 0. The minimum Gasteiger partial charge on any atom is -0.342 e. The molecular formula is C23H29N5O3S. The van der Waals surface area contributed by atoms with Crippen LogP contribution in [0.15, 0.2) is 29.9 Å². The van der Waals surface area contributed by atoms with Crippen molar-refractivity contribution in [1.29, 1.82) is 0 Å². The van der Waals surface area contributed by atoms with E-state index in [2.05, 4.69) is 48.5 Å². The van der Waals surface area contributed by atoms with Crippen LogP contribution in [0.3, 0.4) is 0 Å². The fourth-order valence-electron chi connectivity index (χ4n) is 4.68. The van der Waals surface area contributed by atoms with Crippen LogP contribution in [-0.2, 0) is 4.79 Å². The lowest BCUT2D eigenvalue weighted by atomic mass is 9.96. The Bertz CT molecular complexity index is 1010. The molecule has 32 heavy (non-hydrogen) atoms. The standard InChI is InChI=1S/C23H29N5O3S/c1-22(2)17(23(22,3)4)21(31)28-11-7-15(8-12-28)20-25-16(13-32-20)19(30)27-26-18(29)14-5-9-24-10-6-14/h5-6,9-10,13,15,17H,7-8,11-12H2,1-4H3,(H,26,29)(H,27,30). The third kappa shape index (κ3) is 4.01. The zero-order valence-corrected chi connectivity index (χ0v) is 19.7. The van der Waals surface area contributed by atoms with Gasteiger partial charge in [-0.25, -0.2) is 4.98 Å². The van der Waals surface area contributed by atoms with Gasteiger partial charge in [-0.15, -0.1) is 11.3 Å². The predicted molar refractivity (Wildman–Crippen MR) is 121 cm³/mol. The monoisotopic (exact) mass is 455 g/mol. The van der Waals surface area contributed by atoms with E-state index >= 15 is 0 Å². The molecular weight excluding hydrogens is 426 g/mol. The summed E-state index contributed by atoms with van der Waals surface area (Å²) in [5.41, 5.74) is 5.56. The van der Waals surface area contributed by atoms with Gasteiger partial charge in [0.2, 0.25) is 5.91 Å². The molecule has 170 valence electrons. The van der Waals surface area contributed by atoms with Crippen molar-refractivity contribution in [3.05, 3.63) is 46.2 Å². The van der Waals surface area contributed by atoms with Gasteiger partial charge in [-0.1, -0.05) is 27.7 Å². The Morgan fingerprint density at radius 1 is 1.00 bits per heavy atom. The van der Waals surface area contributed by atoms with Gasteiger partial charge in [0, 0.05) is 48.3 Å². The molecule has 2 N–H and O–H groups in total. The molecule has 9 heteroatoms. The largest absolute Gasteiger partial charge is 0.342 e. The second-order valence-corrected chi connectivity index (χ2v) is 10.6. The number of pyridine rings is 1. The smallest absolute Gasteiger partial charge is 0.289 e. The van der Waals surface area contributed by atoms with Crippen LogP contribution < -0.4 is 10.9 Å². The molecule has 2 fully saturated rings. The molecule has 2 aliphatic rings. The van der Waals surface area contributed by atoms with E-state index in [1.54, 1.807) is 17.5 Å². The first-order chi connectivity index (χ1) is 15.1. The molecule has 1 aliphatic heterocycles. The molecule has 0 radical (unpaired) electrons. The molecule has 2 aromatic rings. The van der Waals surface area contributed by atoms with Crippen LogP contribution in [0.2, 0.25) is 0 Å². The SMILES string of the molecule is CC1(C)C(C(=O)N2CCC(c3nc(C(=O)NNC(=O)c4ccncc4)cs3)CC2)C1(C)C. The number of hydrazine groups is 1. The van der Waals surface area contributed by atoms with Crippen LogP contribution in [0.25, 0.3) is 0 Å². The maximum Gasteiger partial charge on any atom is 0.289 e. The maximum absolute atomic E-state index is 13.0. The van der Waals surface area contributed by atoms with Crippen LogP contribution in [0.5, 0.6) is 0 Å². The van der Waals surface area contributed by atoms with Crippen molar-refractivity contribution >= 4 is 29.1 Å². The van der Waals surface area contributed by atoms with Crippen molar-refractivity contribution in [2.75, 3.05) is 13.1 Å². The molecule has 0 spiro atoms. The number of aromatic nitrogens is 2. The van der Waals surface area contributed by atoms with E-state index in [0.717, 1.165) is 30.9 Å². The third-order valence-corrected chi connectivity index (χ3v) is 8.42. The maximum atomic E-state index is 13.0. The Hall–Kier alpha value is -2.81. The lowest BCUT2D eigenvalue weighted by Crippen LogP contribution is -2.41. The predicted octanol–water partition coefficient (Wildman–Crippen LogP) is 3.00. The Morgan fingerprint density at radius 3 is 2.19 bits per heavy atom. The van der Waals surface area contributed by atoms with Gasteiger partial charge in [-0.3, -0.25) is 30.2 Å². The van der Waals surface area contributed by atoms with Gasteiger partial charge in [0.25, 0.3) is 11.8 Å². The topological polar surface area (TPSA) is 104 Å². The average molecular weight is 456 g/mol.